The van der Waals surface area contributed by atoms with Gasteiger partial charge in [0.2, 0.25) is 5.91 Å². The standard InChI is InChI=1S/C16H23N3O3/c1-11-8-19(9-12(2)22-11)10-15(20)18-14-6-4-13(5-7-14)16(21)17-3/h4-7,11-12H,8-10H2,1-3H3,(H,17,21)(H,18,20)/t11-,12-/m0/s1. The van der Waals surface area contributed by atoms with Gasteiger partial charge >= 0.3 is 0 Å². The van der Waals surface area contributed by atoms with Gasteiger partial charge in [-0.05, 0) is 38.1 Å². The zero-order valence-corrected chi connectivity index (χ0v) is 13.3. The fraction of sp³-hybridized carbons (Fsp3) is 0.500. The molecule has 2 amide bonds. The highest BCUT2D eigenvalue weighted by molar-refractivity contribution is 5.96. The van der Waals surface area contributed by atoms with Gasteiger partial charge in [-0.3, -0.25) is 14.5 Å². The zero-order valence-electron chi connectivity index (χ0n) is 13.3. The molecule has 1 aliphatic heterocycles. The predicted molar refractivity (Wildman–Crippen MR) is 84.9 cm³/mol. The lowest BCUT2D eigenvalue weighted by molar-refractivity contribution is -0.121. The number of nitrogens with one attached hydrogen (secondary N) is 2. The minimum absolute atomic E-state index is 0.0611. The summed E-state index contributed by atoms with van der Waals surface area (Å²) < 4.78 is 5.65. The van der Waals surface area contributed by atoms with Gasteiger partial charge in [-0.1, -0.05) is 0 Å². The molecule has 1 aromatic rings. The average molecular weight is 305 g/mol. The summed E-state index contributed by atoms with van der Waals surface area (Å²) in [4.78, 5) is 25.6. The number of hydrogen-bond donors (Lipinski definition) is 2. The predicted octanol–water partition coefficient (Wildman–Crippen LogP) is 1.09. The van der Waals surface area contributed by atoms with Gasteiger partial charge in [-0.15, -0.1) is 0 Å². The quantitative estimate of drug-likeness (QED) is 0.874. The van der Waals surface area contributed by atoms with E-state index < -0.39 is 0 Å². The molecule has 6 nitrogen and oxygen atoms in total. The molecule has 2 rings (SSSR count). The van der Waals surface area contributed by atoms with Gasteiger partial charge in [-0.2, -0.15) is 0 Å². The van der Waals surface area contributed by atoms with Crippen LogP contribution in [-0.4, -0.2) is 55.6 Å². The molecule has 0 unspecified atom stereocenters. The van der Waals surface area contributed by atoms with Crippen molar-refractivity contribution in [1.82, 2.24) is 10.2 Å². The first-order valence-electron chi connectivity index (χ1n) is 7.47. The molecule has 1 fully saturated rings. The number of carbonyl (C=O) groups is 2. The first kappa shape index (κ1) is 16.5. The molecule has 2 N–H and O–H groups in total. The van der Waals surface area contributed by atoms with Crippen LogP contribution in [0.2, 0.25) is 0 Å². The average Bonchev–Trinajstić information content (AvgIpc) is 2.46. The van der Waals surface area contributed by atoms with Crippen molar-refractivity contribution in [2.75, 3.05) is 32.0 Å². The molecular weight excluding hydrogens is 282 g/mol. The number of rotatable bonds is 4. The van der Waals surface area contributed by atoms with E-state index in [0.29, 0.717) is 17.8 Å². The highest BCUT2D eigenvalue weighted by Gasteiger charge is 2.23. The van der Waals surface area contributed by atoms with Gasteiger partial charge in [0.05, 0.1) is 18.8 Å². The van der Waals surface area contributed by atoms with E-state index in [9.17, 15) is 9.59 Å². The first-order valence-corrected chi connectivity index (χ1v) is 7.47. The maximum absolute atomic E-state index is 12.1. The monoisotopic (exact) mass is 305 g/mol. The summed E-state index contributed by atoms with van der Waals surface area (Å²) in [5.41, 5.74) is 1.25. The van der Waals surface area contributed by atoms with Crippen LogP contribution in [0, 0.1) is 0 Å². The maximum Gasteiger partial charge on any atom is 0.251 e. The Kier molecular flexibility index (Phi) is 5.51. The summed E-state index contributed by atoms with van der Waals surface area (Å²) in [6.07, 6.45) is 0.284. The fourth-order valence-corrected chi connectivity index (χ4v) is 2.67. The number of nitrogens with zero attached hydrogens (tertiary/aromatic N) is 1. The Morgan fingerprint density at radius 1 is 1.18 bits per heavy atom. The van der Waals surface area contributed by atoms with Crippen LogP contribution < -0.4 is 10.6 Å². The lowest BCUT2D eigenvalue weighted by atomic mass is 10.2. The molecule has 0 aliphatic carbocycles. The van der Waals surface area contributed by atoms with Crippen LogP contribution in [0.4, 0.5) is 5.69 Å². The van der Waals surface area contributed by atoms with E-state index in [4.69, 9.17) is 4.74 Å². The van der Waals surface area contributed by atoms with Crippen LogP contribution in [0.15, 0.2) is 24.3 Å². The molecule has 0 radical (unpaired) electrons. The van der Waals surface area contributed by atoms with Crippen LogP contribution >= 0.6 is 0 Å². The number of benzene rings is 1. The van der Waals surface area contributed by atoms with E-state index >= 15 is 0 Å². The Morgan fingerprint density at radius 3 is 2.32 bits per heavy atom. The second kappa shape index (κ2) is 7.38. The topological polar surface area (TPSA) is 70.7 Å². The molecule has 6 heteroatoms. The molecule has 0 bridgehead atoms. The summed E-state index contributed by atoms with van der Waals surface area (Å²) in [7, 11) is 1.59. The van der Waals surface area contributed by atoms with Gasteiger partial charge in [0.1, 0.15) is 0 Å². The largest absolute Gasteiger partial charge is 0.373 e. The highest BCUT2D eigenvalue weighted by atomic mass is 16.5. The van der Waals surface area contributed by atoms with Crippen molar-refractivity contribution < 1.29 is 14.3 Å². The van der Waals surface area contributed by atoms with E-state index in [1.54, 1.807) is 31.3 Å². The van der Waals surface area contributed by atoms with Crippen molar-refractivity contribution in [2.45, 2.75) is 26.1 Å². The van der Waals surface area contributed by atoms with Gasteiger partial charge < -0.3 is 15.4 Å². The van der Waals surface area contributed by atoms with Gasteiger partial charge in [-0.25, -0.2) is 0 Å². The third-order valence-corrected chi connectivity index (χ3v) is 3.52. The van der Waals surface area contributed by atoms with Crippen molar-refractivity contribution in [3.05, 3.63) is 29.8 Å². The van der Waals surface area contributed by atoms with Crippen molar-refractivity contribution in [3.63, 3.8) is 0 Å². The Labute approximate surface area is 130 Å². The highest BCUT2D eigenvalue weighted by Crippen LogP contribution is 2.12. The zero-order chi connectivity index (χ0) is 16.1. The molecule has 120 valence electrons. The lowest BCUT2D eigenvalue weighted by Crippen LogP contribution is -2.48. The van der Waals surface area contributed by atoms with Crippen molar-refractivity contribution in [1.29, 1.82) is 0 Å². The Morgan fingerprint density at radius 2 is 1.77 bits per heavy atom. The smallest absolute Gasteiger partial charge is 0.251 e. The SMILES string of the molecule is CNC(=O)c1ccc(NC(=O)CN2C[C@H](C)O[C@@H](C)C2)cc1. The maximum atomic E-state index is 12.1. The molecule has 1 heterocycles. The number of anilines is 1. The van der Waals surface area contributed by atoms with Gasteiger partial charge in [0, 0.05) is 31.4 Å². The number of hydrogen-bond acceptors (Lipinski definition) is 4. The molecule has 0 spiro atoms. The van der Waals surface area contributed by atoms with Crippen LogP contribution in [0.25, 0.3) is 0 Å². The van der Waals surface area contributed by atoms with Gasteiger partial charge in [0.25, 0.3) is 5.91 Å². The molecule has 1 aliphatic rings. The third kappa shape index (κ3) is 4.54. The first-order chi connectivity index (χ1) is 10.5. The molecule has 1 aromatic carbocycles. The minimum Gasteiger partial charge on any atom is -0.373 e. The second-order valence-electron chi connectivity index (χ2n) is 5.66. The molecule has 0 saturated carbocycles. The summed E-state index contributed by atoms with van der Waals surface area (Å²) >= 11 is 0. The van der Waals surface area contributed by atoms with E-state index in [-0.39, 0.29) is 24.0 Å². The Bertz CT molecular complexity index is 520. The molecule has 22 heavy (non-hydrogen) atoms. The molecule has 2 atom stereocenters. The summed E-state index contributed by atoms with van der Waals surface area (Å²) in [5, 5.41) is 5.41. The molecular formula is C16H23N3O3. The van der Waals surface area contributed by atoms with Crippen LogP contribution in [0.3, 0.4) is 0 Å². The van der Waals surface area contributed by atoms with Crippen molar-refractivity contribution in [3.8, 4) is 0 Å². The Hall–Kier alpha value is -1.92. The lowest BCUT2D eigenvalue weighted by Gasteiger charge is -2.34. The number of morpholine rings is 1. The van der Waals surface area contributed by atoms with Crippen LogP contribution in [0.1, 0.15) is 24.2 Å². The van der Waals surface area contributed by atoms with Crippen molar-refractivity contribution in [2.24, 2.45) is 0 Å². The Balaban J connectivity index is 1.87. The normalized spacial score (nSPS) is 22.1. The summed E-state index contributed by atoms with van der Waals surface area (Å²) in [5.74, 6) is -0.205. The number of ether oxygens (including phenoxy) is 1. The van der Waals surface area contributed by atoms with Gasteiger partial charge in [0.15, 0.2) is 0 Å². The van der Waals surface area contributed by atoms with E-state index in [0.717, 1.165) is 13.1 Å². The van der Waals surface area contributed by atoms with E-state index in [2.05, 4.69) is 15.5 Å². The van der Waals surface area contributed by atoms with E-state index in [1.807, 2.05) is 13.8 Å². The minimum atomic E-state index is -0.144. The summed E-state index contributed by atoms with van der Waals surface area (Å²) in [6, 6.07) is 6.83. The van der Waals surface area contributed by atoms with Crippen LogP contribution in [0.5, 0.6) is 0 Å². The molecule has 1 saturated heterocycles. The fourth-order valence-electron chi connectivity index (χ4n) is 2.67. The van der Waals surface area contributed by atoms with Crippen LogP contribution in [-0.2, 0) is 9.53 Å². The van der Waals surface area contributed by atoms with Crippen molar-refractivity contribution >= 4 is 17.5 Å². The number of carbonyl (C=O) groups excluding carboxylic acids is 2. The third-order valence-electron chi connectivity index (χ3n) is 3.52. The molecule has 0 aromatic heterocycles. The second-order valence-corrected chi connectivity index (χ2v) is 5.66. The number of amides is 2. The van der Waals surface area contributed by atoms with E-state index in [1.165, 1.54) is 0 Å². The summed E-state index contributed by atoms with van der Waals surface area (Å²) in [6.45, 7) is 5.88.